The summed E-state index contributed by atoms with van der Waals surface area (Å²) in [5.41, 5.74) is 0. The third kappa shape index (κ3) is 2.66. The highest BCUT2D eigenvalue weighted by Crippen LogP contribution is 2.39. The van der Waals surface area contributed by atoms with E-state index in [4.69, 9.17) is 0 Å². The number of thiophene rings is 3. The van der Waals surface area contributed by atoms with Crippen LogP contribution in [-0.4, -0.2) is 0 Å². The molecule has 0 aromatic carbocycles. The molecular weight excluding hydrogens is 300 g/mol. The Kier molecular flexibility index (Phi) is 3.34. The Balaban J connectivity index is 1.52. The highest BCUT2D eigenvalue weighted by Gasteiger charge is 2.12. The van der Waals surface area contributed by atoms with Crippen LogP contribution in [0.1, 0.15) is 11.3 Å². The van der Waals surface area contributed by atoms with Crippen LogP contribution in [0.4, 0.5) is 0 Å². The van der Waals surface area contributed by atoms with Gasteiger partial charge in [-0.15, -0.1) is 34.0 Å². The molecular formula is C17H14S3. The van der Waals surface area contributed by atoms with Crippen molar-refractivity contribution in [3.8, 4) is 19.5 Å². The predicted molar refractivity (Wildman–Crippen MR) is 91.9 cm³/mol. The fraction of sp³-hybridized carbons (Fsp3) is 0.176. The van der Waals surface area contributed by atoms with Crippen LogP contribution in [-0.2, 0) is 6.42 Å². The maximum absolute atomic E-state index is 2.30. The summed E-state index contributed by atoms with van der Waals surface area (Å²) in [6, 6.07) is 13.4. The van der Waals surface area contributed by atoms with Crippen molar-refractivity contribution < 1.29 is 0 Å². The molecule has 0 saturated carbocycles. The molecule has 0 radical (unpaired) electrons. The Bertz CT molecular complexity index is 722. The van der Waals surface area contributed by atoms with Crippen LogP contribution in [0.2, 0.25) is 0 Å². The van der Waals surface area contributed by atoms with Gasteiger partial charge in [-0.25, -0.2) is 0 Å². The number of aryl methyl sites for hydroxylation is 1. The quantitative estimate of drug-likeness (QED) is 0.483. The van der Waals surface area contributed by atoms with Crippen LogP contribution < -0.4 is 0 Å². The van der Waals surface area contributed by atoms with E-state index in [9.17, 15) is 0 Å². The summed E-state index contributed by atoms with van der Waals surface area (Å²) in [6.45, 7) is 0. The van der Waals surface area contributed by atoms with Crippen LogP contribution in [0.5, 0.6) is 0 Å². The average Bonchev–Trinajstić information content (AvgIpc) is 2.96. The van der Waals surface area contributed by atoms with Gasteiger partial charge in [-0.3, -0.25) is 0 Å². The first-order chi connectivity index (χ1) is 9.88. The van der Waals surface area contributed by atoms with Crippen LogP contribution in [0.3, 0.4) is 0 Å². The summed E-state index contributed by atoms with van der Waals surface area (Å²) in [7, 11) is 0. The van der Waals surface area contributed by atoms with Gasteiger partial charge in [0.25, 0.3) is 0 Å². The van der Waals surface area contributed by atoms with E-state index in [0.29, 0.717) is 0 Å². The zero-order chi connectivity index (χ0) is 13.4. The molecule has 3 aromatic heterocycles. The molecule has 0 saturated heterocycles. The Morgan fingerprint density at radius 3 is 2.30 bits per heavy atom. The fourth-order valence-electron chi connectivity index (χ4n) is 2.25. The smallest absolute Gasteiger partial charge is 0.0449 e. The standard InChI is InChI=1S/C17H14S3/c1-2-14(18-11-1)15-9-10-17(20-15)16-8-7-13(19-16)6-5-12-3-4-12/h1-4,7-12H,5-6H2. The molecule has 3 heterocycles. The van der Waals surface area contributed by atoms with Gasteiger partial charge in [0.05, 0.1) is 0 Å². The molecule has 0 amide bonds. The zero-order valence-electron chi connectivity index (χ0n) is 10.9. The van der Waals surface area contributed by atoms with Crippen molar-refractivity contribution in [1.29, 1.82) is 0 Å². The first kappa shape index (κ1) is 12.6. The lowest BCUT2D eigenvalue weighted by atomic mass is 10.2. The first-order valence-corrected chi connectivity index (χ1v) is 9.31. The lowest BCUT2D eigenvalue weighted by molar-refractivity contribution is 0.784. The van der Waals surface area contributed by atoms with Crippen molar-refractivity contribution in [2.45, 2.75) is 12.8 Å². The summed E-state index contributed by atoms with van der Waals surface area (Å²) in [4.78, 5) is 7.08. The zero-order valence-corrected chi connectivity index (χ0v) is 13.4. The molecule has 0 atom stereocenters. The van der Waals surface area contributed by atoms with E-state index in [1.165, 1.54) is 37.2 Å². The van der Waals surface area contributed by atoms with Gasteiger partial charge in [-0.1, -0.05) is 18.2 Å². The average molecular weight is 314 g/mol. The molecule has 1 aliphatic rings. The Hall–Kier alpha value is -1.16. The van der Waals surface area contributed by atoms with Gasteiger partial charge in [-0.05, 0) is 54.5 Å². The van der Waals surface area contributed by atoms with E-state index in [0.717, 1.165) is 5.92 Å². The van der Waals surface area contributed by atoms with E-state index in [-0.39, 0.29) is 0 Å². The summed E-state index contributed by atoms with van der Waals surface area (Å²) < 4.78 is 0. The van der Waals surface area contributed by atoms with Crippen LogP contribution >= 0.6 is 34.0 Å². The second-order valence-corrected chi connectivity index (χ2v) is 8.19. The van der Waals surface area contributed by atoms with Gasteiger partial charge in [0.15, 0.2) is 0 Å². The summed E-state index contributed by atoms with van der Waals surface area (Å²) >= 11 is 5.67. The van der Waals surface area contributed by atoms with Crippen LogP contribution in [0, 0.1) is 5.92 Å². The van der Waals surface area contributed by atoms with Gasteiger partial charge >= 0.3 is 0 Å². The molecule has 1 aliphatic carbocycles. The molecule has 0 N–H and O–H groups in total. The summed E-state index contributed by atoms with van der Waals surface area (Å²) in [5, 5.41) is 2.14. The lowest BCUT2D eigenvalue weighted by Crippen LogP contribution is -1.82. The first-order valence-electron chi connectivity index (χ1n) is 6.79. The van der Waals surface area contributed by atoms with Crippen LogP contribution in [0.15, 0.2) is 53.9 Å². The lowest BCUT2D eigenvalue weighted by Gasteiger charge is -1.94. The van der Waals surface area contributed by atoms with Gasteiger partial charge in [0.2, 0.25) is 0 Å². The molecule has 20 heavy (non-hydrogen) atoms. The fourth-order valence-corrected chi connectivity index (χ4v) is 5.20. The minimum atomic E-state index is 0.785. The van der Waals surface area contributed by atoms with Crippen molar-refractivity contribution in [2.24, 2.45) is 5.92 Å². The summed E-state index contributed by atoms with van der Waals surface area (Å²) in [5.74, 6) is 0.785. The number of rotatable bonds is 5. The second kappa shape index (κ2) is 5.32. The third-order valence-electron chi connectivity index (χ3n) is 3.46. The Morgan fingerprint density at radius 1 is 0.800 bits per heavy atom. The molecule has 0 bridgehead atoms. The van der Waals surface area contributed by atoms with E-state index < -0.39 is 0 Å². The summed E-state index contributed by atoms with van der Waals surface area (Å²) in [6.07, 6.45) is 7.08. The molecule has 4 rings (SSSR count). The van der Waals surface area contributed by atoms with Crippen molar-refractivity contribution in [1.82, 2.24) is 0 Å². The SMILES string of the molecule is C1=CC1CCc1ccc(-c2ccc(-c3cccs3)s2)s1. The monoisotopic (exact) mass is 314 g/mol. The van der Waals surface area contributed by atoms with E-state index in [2.05, 4.69) is 53.9 Å². The van der Waals surface area contributed by atoms with E-state index >= 15 is 0 Å². The minimum absolute atomic E-state index is 0.785. The highest BCUT2D eigenvalue weighted by atomic mass is 32.1. The minimum Gasteiger partial charge on any atom is -0.143 e. The molecule has 3 aromatic rings. The van der Waals surface area contributed by atoms with Crippen molar-refractivity contribution in [3.63, 3.8) is 0 Å². The molecule has 0 aliphatic heterocycles. The number of hydrogen-bond acceptors (Lipinski definition) is 3. The molecule has 0 fully saturated rings. The van der Waals surface area contributed by atoms with E-state index in [1.54, 1.807) is 0 Å². The predicted octanol–water partition coefficient (Wildman–Crippen LogP) is 6.32. The largest absolute Gasteiger partial charge is 0.143 e. The normalized spacial score (nSPS) is 14.0. The Morgan fingerprint density at radius 2 is 1.55 bits per heavy atom. The van der Waals surface area contributed by atoms with Crippen LogP contribution in [0.25, 0.3) is 19.5 Å². The van der Waals surface area contributed by atoms with Gasteiger partial charge in [-0.2, -0.15) is 0 Å². The number of hydrogen-bond donors (Lipinski definition) is 0. The molecule has 0 unspecified atom stereocenters. The maximum Gasteiger partial charge on any atom is 0.0449 e. The molecule has 100 valence electrons. The van der Waals surface area contributed by atoms with Crippen molar-refractivity contribution in [2.75, 3.05) is 0 Å². The van der Waals surface area contributed by atoms with Gasteiger partial charge < -0.3 is 0 Å². The van der Waals surface area contributed by atoms with Crippen molar-refractivity contribution in [3.05, 3.63) is 58.8 Å². The number of allylic oxidation sites excluding steroid dienone is 2. The topological polar surface area (TPSA) is 0 Å². The highest BCUT2D eigenvalue weighted by molar-refractivity contribution is 7.26. The second-order valence-electron chi connectivity index (χ2n) is 4.99. The molecule has 0 spiro atoms. The van der Waals surface area contributed by atoms with Crippen molar-refractivity contribution >= 4 is 34.0 Å². The Labute approximate surface area is 131 Å². The molecule has 3 heteroatoms. The molecule has 0 nitrogen and oxygen atoms in total. The third-order valence-corrected chi connectivity index (χ3v) is 6.95. The van der Waals surface area contributed by atoms with Gasteiger partial charge in [0.1, 0.15) is 0 Å². The van der Waals surface area contributed by atoms with Gasteiger partial charge in [0, 0.05) is 24.4 Å². The maximum atomic E-state index is 2.30. The van der Waals surface area contributed by atoms with E-state index in [1.807, 2.05) is 34.0 Å².